The number of anilines is 1. The van der Waals surface area contributed by atoms with Crippen molar-refractivity contribution in [3.8, 4) is 0 Å². The summed E-state index contributed by atoms with van der Waals surface area (Å²) < 4.78 is 0. The molecule has 1 aliphatic heterocycles. The van der Waals surface area contributed by atoms with E-state index < -0.39 is 0 Å². The van der Waals surface area contributed by atoms with E-state index in [0.29, 0.717) is 34.1 Å². The van der Waals surface area contributed by atoms with Crippen molar-refractivity contribution in [1.29, 1.82) is 0 Å². The monoisotopic (exact) mass is 448 g/mol. The van der Waals surface area contributed by atoms with Crippen molar-refractivity contribution >= 4 is 46.9 Å². The van der Waals surface area contributed by atoms with Gasteiger partial charge in [0.25, 0.3) is 11.8 Å². The number of benzene rings is 3. The van der Waals surface area contributed by atoms with Gasteiger partial charge in [-0.1, -0.05) is 65.3 Å². The lowest BCUT2D eigenvalue weighted by Crippen LogP contribution is -2.26. The minimum Gasteiger partial charge on any atom is -0.352 e. The fourth-order valence-corrected chi connectivity index (χ4v) is 4.34. The minimum absolute atomic E-state index is 0.167. The number of hydrogen-bond donors (Lipinski definition) is 2. The van der Waals surface area contributed by atoms with Gasteiger partial charge in [-0.05, 0) is 60.9 Å². The van der Waals surface area contributed by atoms with Gasteiger partial charge in [-0.15, -0.1) is 0 Å². The summed E-state index contributed by atoms with van der Waals surface area (Å²) >= 11 is 7.30. The van der Waals surface area contributed by atoms with Crippen LogP contribution >= 0.6 is 23.4 Å². The Hall–Kier alpha value is -3.02. The van der Waals surface area contributed by atoms with Crippen LogP contribution in [0, 0.1) is 6.92 Å². The molecule has 0 spiro atoms. The van der Waals surface area contributed by atoms with Crippen molar-refractivity contribution in [3.63, 3.8) is 0 Å². The Kier molecular flexibility index (Phi) is 6.44. The summed E-state index contributed by atoms with van der Waals surface area (Å²) in [7, 11) is 0. The summed E-state index contributed by atoms with van der Waals surface area (Å²) in [5.74, 6) is -0.337. The molecule has 0 saturated heterocycles. The van der Waals surface area contributed by atoms with Crippen molar-refractivity contribution in [2.24, 2.45) is 0 Å². The summed E-state index contributed by atoms with van der Waals surface area (Å²) in [6, 6.07) is 20.9. The summed E-state index contributed by atoms with van der Waals surface area (Å²) in [6.45, 7) is 2.54. The molecule has 0 saturated carbocycles. The molecule has 0 atom stereocenters. The lowest BCUT2D eigenvalue weighted by Gasteiger charge is -2.19. The van der Waals surface area contributed by atoms with Crippen LogP contribution in [0.3, 0.4) is 0 Å². The molecule has 4 nitrogen and oxygen atoms in total. The number of amides is 2. The van der Waals surface area contributed by atoms with Gasteiger partial charge in [-0.25, -0.2) is 0 Å². The van der Waals surface area contributed by atoms with Crippen LogP contribution in [0.25, 0.3) is 6.08 Å². The van der Waals surface area contributed by atoms with Crippen LogP contribution in [0.1, 0.15) is 27.0 Å². The standard InChI is InChI=1S/C25H21ClN2O2S/c1-16-3-2-4-18(13-16)14-23-25(30)28-21-15-19(7-10-22(21)31-23)24(29)27-12-11-17-5-8-20(26)9-6-17/h2-10,13-15H,11-12H2,1H3,(H,27,29)(H,28,30). The largest absolute Gasteiger partial charge is 0.352 e. The lowest BCUT2D eigenvalue weighted by molar-refractivity contribution is -0.112. The van der Waals surface area contributed by atoms with E-state index >= 15 is 0 Å². The van der Waals surface area contributed by atoms with E-state index in [-0.39, 0.29) is 11.8 Å². The lowest BCUT2D eigenvalue weighted by atomic mass is 10.1. The molecule has 2 amide bonds. The molecular formula is C25H21ClN2O2S. The first kappa shape index (κ1) is 21.2. The number of halogens is 1. The van der Waals surface area contributed by atoms with Crippen molar-refractivity contribution in [2.45, 2.75) is 18.2 Å². The highest BCUT2D eigenvalue weighted by Gasteiger charge is 2.22. The molecule has 1 aliphatic rings. The van der Waals surface area contributed by atoms with Crippen LogP contribution in [-0.2, 0) is 11.2 Å². The highest BCUT2D eigenvalue weighted by Crippen LogP contribution is 2.39. The first-order valence-electron chi connectivity index (χ1n) is 9.92. The zero-order chi connectivity index (χ0) is 21.8. The molecule has 1 heterocycles. The highest BCUT2D eigenvalue weighted by molar-refractivity contribution is 8.04. The predicted molar refractivity (Wildman–Crippen MR) is 128 cm³/mol. The highest BCUT2D eigenvalue weighted by atomic mass is 35.5. The van der Waals surface area contributed by atoms with Gasteiger partial charge in [0.15, 0.2) is 0 Å². The number of thioether (sulfide) groups is 1. The van der Waals surface area contributed by atoms with E-state index in [9.17, 15) is 9.59 Å². The molecule has 2 N–H and O–H groups in total. The van der Waals surface area contributed by atoms with E-state index in [2.05, 4.69) is 10.6 Å². The van der Waals surface area contributed by atoms with Gasteiger partial charge in [0.1, 0.15) is 0 Å². The Morgan fingerprint density at radius 3 is 2.68 bits per heavy atom. The van der Waals surface area contributed by atoms with Gasteiger partial charge in [0.05, 0.1) is 10.6 Å². The Morgan fingerprint density at radius 2 is 1.90 bits per heavy atom. The number of hydrogen-bond acceptors (Lipinski definition) is 3. The first-order chi connectivity index (χ1) is 15.0. The summed E-state index contributed by atoms with van der Waals surface area (Å²) in [4.78, 5) is 26.6. The number of carbonyl (C=O) groups is 2. The van der Waals surface area contributed by atoms with Crippen LogP contribution in [0.4, 0.5) is 5.69 Å². The molecule has 0 radical (unpaired) electrons. The average molecular weight is 449 g/mol. The Labute approximate surface area is 190 Å². The first-order valence-corrected chi connectivity index (χ1v) is 11.1. The Balaban J connectivity index is 1.42. The van der Waals surface area contributed by atoms with E-state index in [1.54, 1.807) is 12.1 Å². The second-order valence-electron chi connectivity index (χ2n) is 7.32. The molecule has 0 unspecified atom stereocenters. The fraction of sp³-hybridized carbons (Fsp3) is 0.120. The van der Waals surface area contributed by atoms with Crippen molar-refractivity contribution in [2.75, 3.05) is 11.9 Å². The van der Waals surface area contributed by atoms with Crippen LogP contribution in [0.5, 0.6) is 0 Å². The average Bonchev–Trinajstić information content (AvgIpc) is 2.75. The third-order valence-corrected chi connectivity index (χ3v) is 6.24. The molecule has 0 aromatic heterocycles. The Morgan fingerprint density at radius 1 is 1.10 bits per heavy atom. The molecule has 0 fully saturated rings. The van der Waals surface area contributed by atoms with Crippen molar-refractivity contribution in [1.82, 2.24) is 5.32 Å². The zero-order valence-electron chi connectivity index (χ0n) is 16.9. The van der Waals surface area contributed by atoms with E-state index in [1.165, 1.54) is 11.8 Å². The van der Waals surface area contributed by atoms with E-state index in [0.717, 1.165) is 21.6 Å². The molecule has 3 aromatic carbocycles. The van der Waals surface area contributed by atoms with Gasteiger partial charge in [0.2, 0.25) is 0 Å². The number of fused-ring (bicyclic) bond motifs is 1. The topological polar surface area (TPSA) is 58.2 Å². The maximum absolute atomic E-state index is 12.6. The third kappa shape index (κ3) is 5.37. The molecule has 156 valence electrons. The molecular weight excluding hydrogens is 428 g/mol. The van der Waals surface area contributed by atoms with E-state index in [1.807, 2.05) is 67.6 Å². The maximum Gasteiger partial charge on any atom is 0.262 e. The molecule has 0 aliphatic carbocycles. The van der Waals surface area contributed by atoms with Gasteiger partial charge in [-0.3, -0.25) is 9.59 Å². The second-order valence-corrected chi connectivity index (χ2v) is 8.84. The van der Waals surface area contributed by atoms with E-state index in [4.69, 9.17) is 11.6 Å². The zero-order valence-corrected chi connectivity index (χ0v) is 18.5. The van der Waals surface area contributed by atoms with Gasteiger partial charge in [-0.2, -0.15) is 0 Å². The molecule has 0 bridgehead atoms. The van der Waals surface area contributed by atoms with Crippen molar-refractivity contribution in [3.05, 3.63) is 98.9 Å². The molecule has 4 rings (SSSR count). The fourth-order valence-electron chi connectivity index (χ4n) is 3.29. The number of nitrogens with one attached hydrogen (secondary N) is 2. The van der Waals surface area contributed by atoms with Crippen LogP contribution in [-0.4, -0.2) is 18.4 Å². The van der Waals surface area contributed by atoms with Gasteiger partial charge >= 0.3 is 0 Å². The minimum atomic E-state index is -0.169. The van der Waals surface area contributed by atoms with Crippen molar-refractivity contribution < 1.29 is 9.59 Å². The second kappa shape index (κ2) is 9.41. The number of carbonyl (C=O) groups excluding carboxylic acids is 2. The quantitative estimate of drug-likeness (QED) is 0.492. The molecule has 3 aromatic rings. The van der Waals surface area contributed by atoms with Crippen LogP contribution in [0.2, 0.25) is 5.02 Å². The summed E-state index contributed by atoms with van der Waals surface area (Å²) in [5.41, 5.74) is 4.40. The number of aryl methyl sites for hydroxylation is 1. The normalized spacial score (nSPS) is 14.1. The Bertz CT molecular complexity index is 1170. The molecule has 31 heavy (non-hydrogen) atoms. The SMILES string of the molecule is Cc1cccc(C=C2Sc3ccc(C(=O)NCCc4ccc(Cl)cc4)cc3NC2=O)c1. The summed E-state index contributed by atoms with van der Waals surface area (Å²) in [5, 5.41) is 6.52. The van der Waals surface area contributed by atoms with Gasteiger partial charge in [0, 0.05) is 22.0 Å². The predicted octanol–water partition coefficient (Wildman–Crippen LogP) is 5.71. The number of rotatable bonds is 5. The van der Waals surface area contributed by atoms with Crippen LogP contribution < -0.4 is 10.6 Å². The summed E-state index contributed by atoms with van der Waals surface area (Å²) in [6.07, 6.45) is 2.60. The van der Waals surface area contributed by atoms with Gasteiger partial charge < -0.3 is 10.6 Å². The maximum atomic E-state index is 12.6. The van der Waals surface area contributed by atoms with Crippen LogP contribution in [0.15, 0.2) is 76.5 Å². The molecule has 6 heteroatoms. The third-order valence-electron chi connectivity index (χ3n) is 4.89. The smallest absolute Gasteiger partial charge is 0.262 e.